The fourth-order valence-corrected chi connectivity index (χ4v) is 15.1. The zero-order valence-electron chi connectivity index (χ0n) is 51.6. The number of para-hydroxylation sites is 4. The summed E-state index contributed by atoms with van der Waals surface area (Å²) in [6, 6.07) is 55.3. The van der Waals surface area contributed by atoms with E-state index in [1.807, 2.05) is 0 Å². The molecule has 2 aliphatic carbocycles. The summed E-state index contributed by atoms with van der Waals surface area (Å²) in [5.41, 5.74) is 25.2. The molecule has 0 amide bonds. The molecule has 0 bridgehead atoms. The summed E-state index contributed by atoms with van der Waals surface area (Å²) in [5, 5.41) is 0. The molecular weight excluding hydrogens is 1020 g/mol. The number of fused-ring (bicyclic) bond motifs is 10. The molecule has 10 heteroatoms. The van der Waals surface area contributed by atoms with Gasteiger partial charge in [0.25, 0.3) is 13.4 Å². The van der Waals surface area contributed by atoms with Gasteiger partial charge in [-0.3, -0.25) is 9.80 Å². The molecule has 15 rings (SSSR count). The Balaban J connectivity index is 1.10. The first-order valence-corrected chi connectivity index (χ1v) is 30.7. The Labute approximate surface area is 498 Å². The molecule has 6 aliphatic rings. The second-order valence-electron chi connectivity index (χ2n) is 29.7. The van der Waals surface area contributed by atoms with E-state index in [2.05, 4.69) is 275 Å². The fourth-order valence-electron chi connectivity index (χ4n) is 15.1. The van der Waals surface area contributed by atoms with Crippen LogP contribution in [0.25, 0.3) is 0 Å². The highest BCUT2D eigenvalue weighted by Gasteiger charge is 2.51. The second-order valence-corrected chi connectivity index (χ2v) is 29.7. The van der Waals surface area contributed by atoms with Gasteiger partial charge in [0.05, 0.1) is 11.4 Å². The highest BCUT2D eigenvalue weighted by Crippen LogP contribution is 2.53. The predicted octanol–water partition coefficient (Wildman–Crippen LogP) is 14.7. The van der Waals surface area contributed by atoms with Gasteiger partial charge in [-0.25, -0.2) is 19.9 Å². The van der Waals surface area contributed by atoms with E-state index in [9.17, 15) is 0 Å². The van der Waals surface area contributed by atoms with Crippen LogP contribution in [-0.4, -0.2) is 33.4 Å². The topological polar surface area (TPSA) is 64.5 Å². The minimum absolute atomic E-state index is 0.0672. The molecule has 0 unspecified atom stereocenters. The molecule has 6 heterocycles. The molecule has 0 fully saturated rings. The van der Waals surface area contributed by atoms with E-state index in [0.29, 0.717) is 11.9 Å². The van der Waals surface area contributed by atoms with Crippen molar-refractivity contribution in [2.75, 3.05) is 19.6 Å². The lowest BCUT2D eigenvalue weighted by Gasteiger charge is -2.47. The van der Waals surface area contributed by atoms with E-state index in [-0.39, 0.29) is 45.9 Å². The van der Waals surface area contributed by atoms with E-state index in [1.165, 1.54) is 77.8 Å². The van der Waals surface area contributed by atoms with Gasteiger partial charge in [-0.05, 0) is 169 Å². The standard InChI is InChI=1S/C74H76B2N8/c1-69(2,3)45-37-59-63-61(39-45)83(67-77-43-49-65(79-67)73(11,12)35-33-71(49,7)8)57-42-58-54(41-53(57)75(63)51-29-21-23-31-55(51)81(59)47-25-17-15-18-26-47)76-52-30-22-24-32-56(52)82(48-27-19-16-20-28-48)60-38-46(70(4,5)6)40-62(64(60)76)84(58)68-78-44-50-66(80-68)74(13,14)36-34-72(50,9)10/h15-32,37-44H,33-36H2,1-14H3. The van der Waals surface area contributed by atoms with Gasteiger partial charge in [-0.2, -0.15) is 0 Å². The van der Waals surface area contributed by atoms with E-state index in [4.69, 9.17) is 19.9 Å². The van der Waals surface area contributed by atoms with Crippen LogP contribution in [0.1, 0.15) is 156 Å². The Kier molecular flexibility index (Phi) is 11.2. The SMILES string of the molecule is CC(C)(C)c1cc2c3c(c1)N(c1ncc4c(n1)C(C)(C)CCC4(C)C)c1cc4c(cc1B3c1ccccc1N2c1ccccc1)B1c2ccccc2N(c2ccccc2)c2cc(C(C)(C)C)cc(c21)N4c1ncc2c(n1)C(C)(C)CCC2(C)C. The molecular formula is C74H76B2N8. The van der Waals surface area contributed by atoms with Crippen LogP contribution in [0.4, 0.5) is 68.8 Å². The Bertz CT molecular complexity index is 3960. The second kappa shape index (κ2) is 17.8. The molecule has 0 saturated carbocycles. The summed E-state index contributed by atoms with van der Waals surface area (Å²) >= 11 is 0. The lowest BCUT2D eigenvalue weighted by Crippen LogP contribution is -2.65. The van der Waals surface area contributed by atoms with Gasteiger partial charge in [-0.1, -0.05) is 176 Å². The normalized spacial score (nSPS) is 17.9. The Morgan fingerprint density at radius 3 is 1.08 bits per heavy atom. The molecule has 0 radical (unpaired) electrons. The Hall–Kier alpha value is -7.97. The molecule has 0 N–H and O–H groups in total. The smallest absolute Gasteiger partial charge is 0.252 e. The van der Waals surface area contributed by atoms with Crippen LogP contribution in [0.2, 0.25) is 0 Å². The minimum atomic E-state index is -0.206. The van der Waals surface area contributed by atoms with Gasteiger partial charge < -0.3 is 9.80 Å². The molecule has 0 spiro atoms. The third-order valence-corrected chi connectivity index (χ3v) is 20.3. The van der Waals surface area contributed by atoms with Crippen molar-refractivity contribution in [2.45, 2.75) is 155 Å². The van der Waals surface area contributed by atoms with Gasteiger partial charge in [-0.15, -0.1) is 0 Å². The van der Waals surface area contributed by atoms with E-state index < -0.39 is 0 Å². The van der Waals surface area contributed by atoms with Crippen molar-refractivity contribution in [2.24, 2.45) is 0 Å². The zero-order valence-corrected chi connectivity index (χ0v) is 51.6. The number of anilines is 12. The van der Waals surface area contributed by atoms with Crippen LogP contribution >= 0.6 is 0 Å². The monoisotopic (exact) mass is 1100 g/mol. The first kappa shape index (κ1) is 52.8. The highest BCUT2D eigenvalue weighted by molar-refractivity contribution is 7.03. The van der Waals surface area contributed by atoms with Crippen LogP contribution in [0.3, 0.4) is 0 Å². The van der Waals surface area contributed by atoms with Gasteiger partial charge in [0.2, 0.25) is 11.9 Å². The van der Waals surface area contributed by atoms with Crippen LogP contribution in [0, 0.1) is 0 Å². The first-order valence-electron chi connectivity index (χ1n) is 30.7. The van der Waals surface area contributed by atoms with E-state index >= 15 is 0 Å². The summed E-state index contributed by atoms with van der Waals surface area (Å²) in [6.07, 6.45) is 8.59. The van der Waals surface area contributed by atoms with Gasteiger partial charge in [0.15, 0.2) is 0 Å². The average molecular weight is 1100 g/mol. The quantitative estimate of drug-likeness (QED) is 0.162. The van der Waals surface area contributed by atoms with Crippen molar-refractivity contribution in [3.8, 4) is 0 Å². The van der Waals surface area contributed by atoms with Crippen molar-refractivity contribution in [1.82, 2.24) is 19.9 Å². The van der Waals surface area contributed by atoms with Gasteiger partial charge >= 0.3 is 0 Å². The maximum Gasteiger partial charge on any atom is 0.252 e. The maximum absolute atomic E-state index is 5.91. The summed E-state index contributed by atoms with van der Waals surface area (Å²) in [7, 11) is 0. The predicted molar refractivity (Wildman–Crippen MR) is 354 cm³/mol. The minimum Gasteiger partial charge on any atom is -0.311 e. The van der Waals surface area contributed by atoms with E-state index in [0.717, 1.165) is 71.2 Å². The highest BCUT2D eigenvalue weighted by atomic mass is 15.3. The van der Waals surface area contributed by atoms with Crippen LogP contribution < -0.4 is 52.4 Å². The third-order valence-electron chi connectivity index (χ3n) is 20.3. The Morgan fingerprint density at radius 2 is 0.702 bits per heavy atom. The fraction of sp³-hybridized carbons (Fsp3) is 0.324. The summed E-state index contributed by atoms with van der Waals surface area (Å²) < 4.78 is 0. The molecule has 9 aromatic rings. The Morgan fingerprint density at radius 1 is 0.357 bits per heavy atom. The lowest BCUT2D eigenvalue weighted by molar-refractivity contribution is 0.322. The number of rotatable bonds is 4. The van der Waals surface area contributed by atoms with Crippen molar-refractivity contribution in [3.63, 3.8) is 0 Å². The molecule has 418 valence electrons. The summed E-state index contributed by atoms with van der Waals surface area (Å²) in [6.45, 7) is 32.8. The molecule has 4 aliphatic heterocycles. The average Bonchev–Trinajstić information content (AvgIpc) is 0.765. The first-order chi connectivity index (χ1) is 39.9. The summed E-state index contributed by atoms with van der Waals surface area (Å²) in [4.78, 5) is 33.0. The van der Waals surface area contributed by atoms with Crippen molar-refractivity contribution >= 4 is 115 Å². The van der Waals surface area contributed by atoms with E-state index in [1.54, 1.807) is 0 Å². The molecule has 7 aromatic carbocycles. The maximum atomic E-state index is 5.91. The largest absolute Gasteiger partial charge is 0.311 e. The number of aromatic nitrogens is 4. The number of hydrogen-bond acceptors (Lipinski definition) is 8. The van der Waals surface area contributed by atoms with Crippen molar-refractivity contribution in [1.29, 1.82) is 0 Å². The number of hydrogen-bond donors (Lipinski definition) is 0. The molecule has 0 saturated heterocycles. The molecule has 0 atom stereocenters. The van der Waals surface area contributed by atoms with Crippen LogP contribution in [0.5, 0.6) is 0 Å². The van der Waals surface area contributed by atoms with Crippen molar-refractivity contribution < 1.29 is 0 Å². The van der Waals surface area contributed by atoms with Crippen LogP contribution in [-0.2, 0) is 32.5 Å². The number of benzene rings is 7. The third kappa shape index (κ3) is 7.73. The summed E-state index contributed by atoms with van der Waals surface area (Å²) in [5.74, 6) is 1.38. The van der Waals surface area contributed by atoms with Gasteiger partial charge in [0.1, 0.15) is 0 Å². The number of nitrogens with zero attached hydrogens (tertiary/aromatic N) is 8. The molecule has 8 nitrogen and oxygen atoms in total. The van der Waals surface area contributed by atoms with Gasteiger partial charge in [0, 0.05) is 80.1 Å². The zero-order chi connectivity index (χ0) is 58.4. The molecule has 84 heavy (non-hydrogen) atoms. The lowest BCUT2D eigenvalue weighted by atomic mass is 9.30. The van der Waals surface area contributed by atoms with Crippen molar-refractivity contribution in [3.05, 3.63) is 192 Å². The molecule has 2 aromatic heterocycles. The van der Waals surface area contributed by atoms with Crippen LogP contribution in [0.15, 0.2) is 158 Å².